The van der Waals surface area contributed by atoms with E-state index in [1.807, 2.05) is 39.0 Å². The molecule has 1 unspecified atom stereocenters. The minimum absolute atomic E-state index is 0.00212. The number of urea groups is 1. The fraction of sp³-hybridized carbons (Fsp3) is 0.375. The van der Waals surface area contributed by atoms with Crippen molar-refractivity contribution in [1.29, 1.82) is 0 Å². The number of unbranched alkanes of at least 4 members (excludes halogenated alkanes) is 1. The number of nitrogens with one attached hydrogen (secondary N) is 5. The number of anilines is 2. The Bertz CT molecular complexity index is 2190. The van der Waals surface area contributed by atoms with Gasteiger partial charge in [0, 0.05) is 48.3 Å². The monoisotopic (exact) mass is 797 g/mol. The van der Waals surface area contributed by atoms with Gasteiger partial charge in [-0.25, -0.2) is 14.8 Å². The zero-order valence-corrected chi connectivity index (χ0v) is 33.2. The maximum absolute atomic E-state index is 13.3. The van der Waals surface area contributed by atoms with Crippen molar-refractivity contribution in [1.82, 2.24) is 35.8 Å². The molecule has 1 aromatic carbocycles. The van der Waals surface area contributed by atoms with Crippen LogP contribution >= 0.6 is 0 Å². The van der Waals surface area contributed by atoms with Gasteiger partial charge in [-0.15, -0.1) is 0 Å². The fourth-order valence-corrected chi connectivity index (χ4v) is 6.17. The van der Waals surface area contributed by atoms with E-state index < -0.39 is 53.8 Å². The third-order valence-electron chi connectivity index (χ3n) is 8.89. The third kappa shape index (κ3) is 10.3. The predicted molar refractivity (Wildman–Crippen MR) is 213 cm³/mol. The van der Waals surface area contributed by atoms with Crippen LogP contribution in [0.15, 0.2) is 66.1 Å². The highest BCUT2D eigenvalue weighted by atomic mass is 16.5. The molecule has 0 radical (unpaired) electrons. The van der Waals surface area contributed by atoms with Crippen LogP contribution in [-0.4, -0.2) is 101 Å². The molecule has 2 fully saturated rings. The van der Waals surface area contributed by atoms with E-state index in [1.54, 1.807) is 26.5 Å². The van der Waals surface area contributed by atoms with Gasteiger partial charge in [0.2, 0.25) is 17.8 Å². The van der Waals surface area contributed by atoms with E-state index in [-0.39, 0.29) is 35.6 Å². The van der Waals surface area contributed by atoms with Crippen molar-refractivity contribution >= 4 is 58.4 Å². The van der Waals surface area contributed by atoms with E-state index in [0.29, 0.717) is 65.5 Å². The lowest BCUT2D eigenvalue weighted by molar-refractivity contribution is -0.149. The second kappa shape index (κ2) is 18.4. The Balaban J connectivity index is 1.16. The third-order valence-corrected chi connectivity index (χ3v) is 8.89. The molecule has 2 aliphatic rings. The molecule has 2 saturated heterocycles. The summed E-state index contributed by atoms with van der Waals surface area (Å²) in [7, 11) is 3.10. The Morgan fingerprint density at radius 3 is 2.36 bits per heavy atom. The van der Waals surface area contributed by atoms with Crippen molar-refractivity contribution < 1.29 is 43.0 Å². The molecule has 2 aliphatic heterocycles. The molecule has 2 aromatic heterocycles. The van der Waals surface area contributed by atoms with Gasteiger partial charge in [-0.05, 0) is 76.8 Å². The second-order valence-electron chi connectivity index (χ2n) is 14.4. The SMILES string of the molecule is C=C/C=C1/C(=O)N(C2CCC(=O)NC2=O)C(=O)/C1=C(/C)OCC(=O)NCCCCNc1ncc2cc(-c3cc(OC)cc(OC)c3)c(NC(=O)NC(C)(C)C)nc2n1. The molecule has 5 rings (SSSR count). The number of aromatic nitrogens is 3. The summed E-state index contributed by atoms with van der Waals surface area (Å²) >= 11 is 0. The Labute approximate surface area is 334 Å². The number of carbonyl (C=O) groups excluding carboxylic acids is 6. The molecule has 0 saturated carbocycles. The number of methoxy groups -OCH3 is 2. The van der Waals surface area contributed by atoms with Gasteiger partial charge in [0.25, 0.3) is 17.7 Å². The van der Waals surface area contributed by atoms with Gasteiger partial charge >= 0.3 is 6.03 Å². The number of ether oxygens (including phenoxy) is 3. The summed E-state index contributed by atoms with van der Waals surface area (Å²) < 4.78 is 16.5. The van der Waals surface area contributed by atoms with Crippen molar-refractivity contribution in [2.24, 2.45) is 0 Å². The van der Waals surface area contributed by atoms with Crippen molar-refractivity contribution in [3.8, 4) is 22.6 Å². The van der Waals surface area contributed by atoms with E-state index in [4.69, 9.17) is 19.2 Å². The number of allylic oxidation sites excluding steroid dienone is 3. The molecule has 0 bridgehead atoms. The van der Waals surface area contributed by atoms with Crippen LogP contribution < -0.4 is 36.1 Å². The first-order chi connectivity index (χ1) is 27.6. The smallest absolute Gasteiger partial charge is 0.320 e. The van der Waals surface area contributed by atoms with E-state index in [9.17, 15) is 28.8 Å². The lowest BCUT2D eigenvalue weighted by Crippen LogP contribution is -2.54. The molecule has 58 heavy (non-hydrogen) atoms. The minimum atomic E-state index is -1.15. The second-order valence-corrected chi connectivity index (χ2v) is 14.4. The molecule has 0 spiro atoms. The number of fused-ring (bicyclic) bond motifs is 1. The number of nitrogens with zero attached hydrogens (tertiary/aromatic N) is 4. The van der Waals surface area contributed by atoms with Crippen LogP contribution in [0.25, 0.3) is 22.2 Å². The number of carbonyl (C=O) groups is 6. The minimum Gasteiger partial charge on any atom is -0.497 e. The molecular weight excluding hydrogens is 750 g/mol. The van der Waals surface area contributed by atoms with E-state index >= 15 is 0 Å². The number of likely N-dealkylation sites (tertiary alicyclic amines) is 1. The quantitative estimate of drug-likeness (QED) is 0.0642. The summed E-state index contributed by atoms with van der Waals surface area (Å²) in [6.07, 6.45) is 5.51. The molecule has 306 valence electrons. The van der Waals surface area contributed by atoms with Crippen LogP contribution in [-0.2, 0) is 28.7 Å². The maximum Gasteiger partial charge on any atom is 0.320 e. The highest BCUT2D eigenvalue weighted by Gasteiger charge is 2.47. The average molecular weight is 798 g/mol. The first-order valence-corrected chi connectivity index (χ1v) is 18.5. The topological polar surface area (TPSA) is 232 Å². The summed E-state index contributed by atoms with van der Waals surface area (Å²) in [6.45, 7) is 11.0. The van der Waals surface area contributed by atoms with Crippen molar-refractivity contribution in [3.05, 3.63) is 66.1 Å². The number of piperidine rings is 1. The molecular formula is C40H47N9O9. The van der Waals surface area contributed by atoms with Crippen molar-refractivity contribution in [2.75, 3.05) is 44.5 Å². The number of hydrogen-bond donors (Lipinski definition) is 5. The molecule has 0 aliphatic carbocycles. The van der Waals surface area contributed by atoms with E-state index in [1.165, 1.54) is 19.1 Å². The molecule has 18 heteroatoms. The Morgan fingerprint density at radius 1 is 1.00 bits per heavy atom. The number of imide groups is 2. The van der Waals surface area contributed by atoms with Gasteiger partial charge in [-0.2, -0.15) is 4.98 Å². The highest BCUT2D eigenvalue weighted by Crippen LogP contribution is 2.35. The van der Waals surface area contributed by atoms with Crippen molar-refractivity contribution in [3.63, 3.8) is 0 Å². The number of amides is 7. The first-order valence-electron chi connectivity index (χ1n) is 18.5. The van der Waals surface area contributed by atoms with Gasteiger partial charge in [0.15, 0.2) is 12.3 Å². The fourth-order valence-electron chi connectivity index (χ4n) is 6.17. The molecule has 1 atom stereocenters. The van der Waals surface area contributed by atoms with Crippen LogP contribution in [0.2, 0.25) is 0 Å². The lowest BCUT2D eigenvalue weighted by Gasteiger charge is -2.27. The van der Waals surface area contributed by atoms with Crippen LogP contribution in [0.3, 0.4) is 0 Å². The standard InChI is InChI=1S/C40H47N9O9/c1-8-11-27-32(37(54)49(36(27)53)29-12-13-30(50)44-35(29)52)22(2)58-21-31(51)41-14-9-10-15-42-38-43-20-24-18-28(23-16-25(56-6)19-26(17-23)57-7)34(45-33(24)46-38)47-39(55)48-40(3,4)5/h8,11,16-20,29H,1,9-10,12-15,21H2,2-7H3,(H,41,51)(H,44,50,52)(H3,42,43,45,46,47,48,55)/b27-11+,32-22-. The van der Waals surface area contributed by atoms with E-state index in [0.717, 1.165) is 4.90 Å². The van der Waals surface area contributed by atoms with Gasteiger partial charge in [-0.3, -0.25) is 39.5 Å². The van der Waals surface area contributed by atoms with Gasteiger partial charge < -0.3 is 30.2 Å². The number of rotatable bonds is 15. The molecule has 7 amide bonds. The van der Waals surface area contributed by atoms with Gasteiger partial charge in [0.05, 0.1) is 25.4 Å². The largest absolute Gasteiger partial charge is 0.497 e. The predicted octanol–water partition coefficient (Wildman–Crippen LogP) is 3.51. The summed E-state index contributed by atoms with van der Waals surface area (Å²) in [6, 6.07) is 5.60. The van der Waals surface area contributed by atoms with Crippen molar-refractivity contribution in [2.45, 2.75) is 65.0 Å². The summed E-state index contributed by atoms with van der Waals surface area (Å²) in [5.74, 6) is -1.41. The Morgan fingerprint density at radius 2 is 1.71 bits per heavy atom. The Kier molecular flexibility index (Phi) is 13.4. The Hall–Kier alpha value is -6.85. The zero-order chi connectivity index (χ0) is 42.1. The molecule has 3 aromatic rings. The van der Waals surface area contributed by atoms with Crippen LogP contribution in [0, 0.1) is 0 Å². The number of pyridine rings is 1. The first kappa shape index (κ1) is 42.3. The molecule has 4 heterocycles. The molecule has 5 N–H and O–H groups in total. The number of benzene rings is 1. The van der Waals surface area contributed by atoms with Crippen LogP contribution in [0.1, 0.15) is 53.4 Å². The summed E-state index contributed by atoms with van der Waals surface area (Å²) in [5, 5.41) is 14.4. The lowest BCUT2D eigenvalue weighted by atomic mass is 10.0. The summed E-state index contributed by atoms with van der Waals surface area (Å²) in [5.41, 5.74) is 1.03. The summed E-state index contributed by atoms with van der Waals surface area (Å²) in [4.78, 5) is 90.6. The van der Waals surface area contributed by atoms with Gasteiger partial charge in [-0.1, -0.05) is 12.7 Å². The highest BCUT2D eigenvalue weighted by molar-refractivity contribution is 6.26. The normalized spacial score (nSPS) is 17.2. The van der Waals surface area contributed by atoms with Gasteiger partial charge in [0.1, 0.15) is 29.1 Å². The average Bonchev–Trinajstić information content (AvgIpc) is 3.41. The van der Waals surface area contributed by atoms with E-state index in [2.05, 4.69) is 43.1 Å². The number of hydrogen-bond acceptors (Lipinski definition) is 13. The maximum atomic E-state index is 13.3. The molecule has 18 nitrogen and oxygen atoms in total. The van der Waals surface area contributed by atoms with Crippen LogP contribution in [0.5, 0.6) is 11.5 Å². The zero-order valence-electron chi connectivity index (χ0n) is 33.2. The van der Waals surface area contributed by atoms with Crippen LogP contribution in [0.4, 0.5) is 16.6 Å².